The van der Waals surface area contributed by atoms with E-state index in [1.807, 2.05) is 12.1 Å². The monoisotopic (exact) mass is 747 g/mol. The van der Waals surface area contributed by atoms with Crippen LogP contribution in [0.25, 0.3) is 33.1 Å². The Morgan fingerprint density at radius 1 is 0.566 bits per heavy atom. The van der Waals surface area contributed by atoms with E-state index in [2.05, 4.69) is 73.4 Å². The van der Waals surface area contributed by atoms with Crippen LogP contribution in [0.15, 0.2) is 72.8 Å². The van der Waals surface area contributed by atoms with Gasteiger partial charge in [0.05, 0.1) is 11.6 Å². The zero-order valence-electron chi connectivity index (χ0n) is 30.4. The van der Waals surface area contributed by atoms with E-state index in [1.54, 1.807) is 60.7 Å². The van der Waals surface area contributed by atoms with Crippen LogP contribution in [0.4, 0.5) is 11.9 Å². The molecule has 282 valence electrons. The fraction of sp³-hybridized carbons (Fsp3) is 0.400. The minimum atomic E-state index is -0.0382. The van der Waals surface area contributed by atoms with E-state index in [9.17, 15) is 20.8 Å². The van der Waals surface area contributed by atoms with Crippen molar-refractivity contribution in [1.82, 2.24) is 35.1 Å². The molecule has 3 aromatic carbocycles. The summed E-state index contributed by atoms with van der Waals surface area (Å²) in [6.07, 6.45) is 1.88. The molecule has 18 heteroatoms. The number of nitrogens with one attached hydrogen (secondary N) is 2. The van der Waals surface area contributed by atoms with E-state index in [0.717, 1.165) is 58.7 Å². The smallest absolute Gasteiger partial charge is 0.460 e. The van der Waals surface area contributed by atoms with Gasteiger partial charge in [-0.15, -0.1) is 0 Å². The van der Waals surface area contributed by atoms with Gasteiger partial charge in [0.15, 0.2) is 5.52 Å². The zero-order chi connectivity index (χ0) is 38.2. The highest BCUT2D eigenvalue weighted by atomic mass is 35.5. The van der Waals surface area contributed by atoms with Crippen molar-refractivity contribution in [3.8, 4) is 0 Å². The second kappa shape index (κ2) is 20.5. The van der Waals surface area contributed by atoms with Crippen LogP contribution in [0.2, 0.25) is 5.28 Å². The maximum Gasteiger partial charge on any atom is 0.460 e. The third kappa shape index (κ3) is 11.5. The fourth-order valence-electron chi connectivity index (χ4n) is 5.33. The summed E-state index contributed by atoms with van der Waals surface area (Å²) in [5, 5.41) is 63.8. The molecule has 53 heavy (non-hydrogen) atoms. The van der Waals surface area contributed by atoms with Crippen LogP contribution in [0.3, 0.4) is 0 Å². The average molecular weight is 748 g/mol. The first-order chi connectivity index (χ1) is 25.7. The molecule has 6 rings (SSSR count). The van der Waals surface area contributed by atoms with Crippen molar-refractivity contribution < 1.29 is 19.3 Å². The van der Waals surface area contributed by atoms with Crippen molar-refractivity contribution in [1.29, 1.82) is 0 Å². The van der Waals surface area contributed by atoms with Gasteiger partial charge in [0.1, 0.15) is 11.0 Å². The van der Waals surface area contributed by atoms with Crippen LogP contribution >= 0.6 is 11.6 Å². The minimum Gasteiger partial charge on any atom is -0.739 e. The standard InChI is InChI=1S/C14H21N5O2.C14H21N5O.C7H4ClN3O/c1-3-17(4-2)11-7-10-15-14-16-19(21)13-9-6-5-8-12(13)18(14)20;1-3-18(4-2)11-7-10-15-14-16-12-8-5-6-9-13(12)19(20)17-14;8-7-9-5-3-1-2-4-6(5)11(12)10-7/h5-6,8-9H,3-4,7,10-11H2,1-2H3,(H,15,16);5-6,8-9H,3-4,7,10-11H2,1-2H3,(H,15,16,17);1-4H. The Balaban J connectivity index is 0.000000184. The molecule has 0 radical (unpaired) electrons. The van der Waals surface area contributed by atoms with Gasteiger partial charge < -0.3 is 35.9 Å². The highest BCUT2D eigenvalue weighted by molar-refractivity contribution is 6.28. The summed E-state index contributed by atoms with van der Waals surface area (Å²) < 4.78 is 0.668. The van der Waals surface area contributed by atoms with Crippen molar-refractivity contribution in [2.75, 3.05) is 63.0 Å². The van der Waals surface area contributed by atoms with Gasteiger partial charge in [-0.1, -0.05) is 64.1 Å². The van der Waals surface area contributed by atoms with E-state index in [4.69, 9.17) is 11.6 Å². The Labute approximate surface area is 312 Å². The molecule has 0 amide bonds. The highest BCUT2D eigenvalue weighted by Gasteiger charge is 2.19. The highest BCUT2D eigenvalue weighted by Crippen LogP contribution is 2.09. The van der Waals surface area contributed by atoms with Crippen molar-refractivity contribution in [3.05, 3.63) is 98.9 Å². The first kappa shape index (κ1) is 40.3. The van der Waals surface area contributed by atoms with E-state index in [0.29, 0.717) is 59.3 Å². The molecule has 0 spiro atoms. The number of halogens is 1. The fourth-order valence-corrected chi connectivity index (χ4v) is 5.49. The number of aromatic nitrogens is 9. The molecule has 17 nitrogen and oxygen atoms in total. The molecule has 0 aliphatic carbocycles. The number of para-hydroxylation sites is 6. The molecule has 0 fully saturated rings. The second-order valence-corrected chi connectivity index (χ2v) is 12.0. The quantitative estimate of drug-likeness (QED) is 0.0936. The van der Waals surface area contributed by atoms with Gasteiger partial charge >= 0.3 is 5.95 Å². The van der Waals surface area contributed by atoms with Gasteiger partial charge in [0.25, 0.3) is 27.8 Å². The Bertz CT molecular complexity index is 2050. The predicted octanol–water partition coefficient (Wildman–Crippen LogP) is 2.97. The first-order valence-electron chi connectivity index (χ1n) is 17.6. The Kier molecular flexibility index (Phi) is 15.6. The van der Waals surface area contributed by atoms with E-state index >= 15 is 0 Å². The number of rotatable bonds is 14. The molecule has 3 aromatic heterocycles. The molecule has 0 aliphatic rings. The van der Waals surface area contributed by atoms with Crippen LogP contribution in [0.5, 0.6) is 0 Å². The van der Waals surface area contributed by atoms with Crippen LogP contribution < -0.4 is 29.9 Å². The van der Waals surface area contributed by atoms with Crippen LogP contribution in [-0.2, 0) is 0 Å². The van der Waals surface area contributed by atoms with Crippen LogP contribution in [0.1, 0.15) is 40.5 Å². The van der Waals surface area contributed by atoms with Gasteiger partial charge in [-0.05, 0) is 85.1 Å². The molecule has 0 unspecified atom stereocenters. The van der Waals surface area contributed by atoms with E-state index < -0.39 is 0 Å². The number of benzene rings is 3. The summed E-state index contributed by atoms with van der Waals surface area (Å²) in [7, 11) is 0. The maximum atomic E-state index is 12.2. The third-order valence-electron chi connectivity index (χ3n) is 8.32. The van der Waals surface area contributed by atoms with Gasteiger partial charge in [-0.3, -0.25) is 5.32 Å². The first-order valence-corrected chi connectivity index (χ1v) is 18.0. The molecule has 2 N–H and O–H groups in total. The summed E-state index contributed by atoms with van der Waals surface area (Å²) in [6, 6.07) is 20.7. The normalized spacial score (nSPS) is 11.0. The SMILES string of the molecule is CCN(CC)CCCNc1n[n+]([O-])c2ccccc2[n+]1[O-].CCN(CC)CCCNc1nc2ccccc2[n+]([O-])n1.[O-][n+]1nc(Cl)nc2ccccc21. The molecule has 0 saturated heterocycles. The van der Waals surface area contributed by atoms with Gasteiger partial charge in [0.2, 0.25) is 5.10 Å². The Hall–Kier alpha value is -5.52. The lowest BCUT2D eigenvalue weighted by Gasteiger charge is -2.17. The molecule has 0 aliphatic heterocycles. The van der Waals surface area contributed by atoms with Crippen LogP contribution in [-0.4, -0.2) is 87.4 Å². The molecule has 0 atom stereocenters. The summed E-state index contributed by atoms with van der Waals surface area (Å²) in [6.45, 7) is 16.0. The van der Waals surface area contributed by atoms with Gasteiger partial charge in [-0.25, -0.2) is 14.7 Å². The molecule has 0 saturated carbocycles. The second-order valence-electron chi connectivity index (χ2n) is 11.6. The maximum absolute atomic E-state index is 12.2. The lowest BCUT2D eigenvalue weighted by atomic mass is 10.3. The van der Waals surface area contributed by atoms with Crippen molar-refractivity contribution in [2.45, 2.75) is 40.5 Å². The predicted molar refractivity (Wildman–Crippen MR) is 203 cm³/mol. The van der Waals surface area contributed by atoms with Crippen molar-refractivity contribution >= 4 is 56.6 Å². The third-order valence-corrected chi connectivity index (χ3v) is 8.48. The minimum absolute atomic E-state index is 0.0382. The average Bonchev–Trinajstić information content (AvgIpc) is 3.17. The molecule has 0 bridgehead atoms. The molecule has 3 heterocycles. The largest absolute Gasteiger partial charge is 0.739 e. The van der Waals surface area contributed by atoms with Crippen molar-refractivity contribution in [2.24, 2.45) is 0 Å². The van der Waals surface area contributed by atoms with Gasteiger partial charge in [0, 0.05) is 41.2 Å². The summed E-state index contributed by atoms with van der Waals surface area (Å²) >= 11 is 5.48. The van der Waals surface area contributed by atoms with Crippen molar-refractivity contribution in [3.63, 3.8) is 0 Å². The topological polar surface area (TPSA) is 203 Å². The van der Waals surface area contributed by atoms with Crippen LogP contribution in [0, 0.1) is 20.8 Å². The number of anilines is 2. The lowest BCUT2D eigenvalue weighted by molar-refractivity contribution is -0.672. The number of fused-ring (bicyclic) bond motifs is 3. The summed E-state index contributed by atoms with van der Waals surface area (Å²) in [5.74, 6) is 0.432. The lowest BCUT2D eigenvalue weighted by Crippen LogP contribution is -2.44. The van der Waals surface area contributed by atoms with Gasteiger partial charge in [-0.2, -0.15) is 0 Å². The zero-order valence-corrected chi connectivity index (χ0v) is 31.2. The number of hydrogen-bond donors (Lipinski definition) is 2. The molecule has 6 aromatic rings. The number of hydrogen-bond acceptors (Lipinski definition) is 13. The number of nitrogens with zero attached hydrogens (tertiary/aromatic N) is 11. The Morgan fingerprint density at radius 3 is 1.58 bits per heavy atom. The summed E-state index contributed by atoms with van der Waals surface area (Å²) in [4.78, 5) is 14.4. The molecular weight excluding hydrogens is 702 g/mol. The molecular formula is C35H46ClN13O4. The van der Waals surface area contributed by atoms with E-state index in [-0.39, 0.29) is 16.7 Å². The Morgan fingerprint density at radius 2 is 1.02 bits per heavy atom. The van der Waals surface area contributed by atoms with E-state index in [1.165, 1.54) is 0 Å². The summed E-state index contributed by atoms with van der Waals surface area (Å²) in [5.41, 5.74) is 2.69.